The van der Waals surface area contributed by atoms with Crippen LogP contribution < -0.4 is 10.5 Å². The van der Waals surface area contributed by atoms with Crippen molar-refractivity contribution in [1.29, 1.82) is 0 Å². The first-order valence-corrected chi connectivity index (χ1v) is 7.03. The van der Waals surface area contributed by atoms with Crippen LogP contribution in [0.4, 0.5) is 0 Å². The number of nitrogens with two attached hydrogens (primary N) is 1. The molecule has 1 aromatic heterocycles. The number of methoxy groups -OCH3 is 1. The topological polar surface area (TPSA) is 53.1 Å². The predicted molar refractivity (Wildman–Crippen MR) is 78.0 cm³/mol. The average molecular weight is 263 g/mol. The Morgan fingerprint density at radius 1 is 1.53 bits per heavy atom. The number of ether oxygens (including phenoxy) is 1. The van der Waals surface area contributed by atoms with Crippen LogP contribution in [-0.4, -0.2) is 22.9 Å². The van der Waals surface area contributed by atoms with E-state index in [0.717, 1.165) is 37.3 Å². The van der Waals surface area contributed by atoms with Crippen molar-refractivity contribution in [3.05, 3.63) is 18.0 Å². The van der Waals surface area contributed by atoms with Gasteiger partial charge in [-0.2, -0.15) is 5.10 Å². The van der Waals surface area contributed by atoms with Gasteiger partial charge in [0.25, 0.3) is 0 Å². The van der Waals surface area contributed by atoms with Gasteiger partial charge >= 0.3 is 0 Å². The number of aryl methyl sites for hydroxylation is 1. The van der Waals surface area contributed by atoms with Gasteiger partial charge in [-0.1, -0.05) is 26.8 Å². The Kier molecular flexibility index (Phi) is 3.99. The van der Waals surface area contributed by atoms with E-state index in [1.807, 2.05) is 4.68 Å². The molecule has 0 fully saturated rings. The van der Waals surface area contributed by atoms with Crippen LogP contribution in [0.2, 0.25) is 0 Å². The zero-order chi connectivity index (χ0) is 14.0. The minimum absolute atomic E-state index is 0.119. The van der Waals surface area contributed by atoms with Crippen molar-refractivity contribution in [2.24, 2.45) is 11.1 Å². The van der Waals surface area contributed by atoms with E-state index in [4.69, 9.17) is 10.5 Å². The van der Waals surface area contributed by atoms with Crippen molar-refractivity contribution in [1.82, 2.24) is 9.78 Å². The van der Waals surface area contributed by atoms with Gasteiger partial charge in [0.1, 0.15) is 5.69 Å². The fourth-order valence-electron chi connectivity index (χ4n) is 2.99. The van der Waals surface area contributed by atoms with Crippen molar-refractivity contribution in [2.45, 2.75) is 52.6 Å². The lowest BCUT2D eigenvalue weighted by Crippen LogP contribution is -2.31. The van der Waals surface area contributed by atoms with Crippen LogP contribution in [0.15, 0.2) is 12.3 Å². The van der Waals surface area contributed by atoms with Gasteiger partial charge in [-0.05, 0) is 30.3 Å². The van der Waals surface area contributed by atoms with Gasteiger partial charge in [0.15, 0.2) is 5.75 Å². The summed E-state index contributed by atoms with van der Waals surface area (Å²) >= 11 is 0. The molecule has 0 saturated heterocycles. The van der Waals surface area contributed by atoms with Crippen LogP contribution in [0.3, 0.4) is 0 Å². The van der Waals surface area contributed by atoms with Crippen molar-refractivity contribution in [3.8, 4) is 5.75 Å². The van der Waals surface area contributed by atoms with Gasteiger partial charge in [0, 0.05) is 12.6 Å². The molecule has 2 rings (SSSR count). The molecule has 0 bridgehead atoms. The molecule has 0 amide bonds. The Bertz CT molecular complexity index is 474. The molecule has 1 atom stereocenters. The number of nitrogens with zero attached hydrogens (tertiary/aromatic N) is 2. The van der Waals surface area contributed by atoms with E-state index in [0.29, 0.717) is 0 Å². The first-order chi connectivity index (χ1) is 8.96. The Morgan fingerprint density at radius 2 is 2.26 bits per heavy atom. The molecular weight excluding hydrogens is 238 g/mol. The normalized spacial score (nSPS) is 22.2. The van der Waals surface area contributed by atoms with E-state index >= 15 is 0 Å². The van der Waals surface area contributed by atoms with E-state index in [2.05, 4.69) is 31.9 Å². The van der Waals surface area contributed by atoms with Crippen LogP contribution in [-0.2, 0) is 6.54 Å². The van der Waals surface area contributed by atoms with Crippen LogP contribution >= 0.6 is 0 Å². The SMILES string of the molecule is CCCn1ncc(OC)c1C1=CC(N)CC(C)(C)C1. The molecule has 4 heteroatoms. The first-order valence-electron chi connectivity index (χ1n) is 7.03. The third-order valence-electron chi connectivity index (χ3n) is 3.64. The van der Waals surface area contributed by atoms with Gasteiger partial charge < -0.3 is 10.5 Å². The standard InChI is InChI=1S/C15H25N3O/c1-5-6-18-14(13(19-4)10-17-18)11-7-12(16)9-15(2,3)8-11/h7,10,12H,5-6,8-9,16H2,1-4H3. The molecule has 1 heterocycles. The zero-order valence-electron chi connectivity index (χ0n) is 12.4. The maximum Gasteiger partial charge on any atom is 0.164 e. The summed E-state index contributed by atoms with van der Waals surface area (Å²) in [7, 11) is 1.70. The highest BCUT2D eigenvalue weighted by Gasteiger charge is 2.30. The second kappa shape index (κ2) is 5.37. The maximum absolute atomic E-state index is 6.18. The fourth-order valence-corrected chi connectivity index (χ4v) is 2.99. The predicted octanol–water partition coefficient (Wildman–Crippen LogP) is 2.83. The van der Waals surface area contributed by atoms with E-state index in [-0.39, 0.29) is 11.5 Å². The summed E-state index contributed by atoms with van der Waals surface area (Å²) in [5, 5.41) is 4.43. The van der Waals surface area contributed by atoms with Crippen LogP contribution in [0.5, 0.6) is 5.75 Å². The second-order valence-corrected chi connectivity index (χ2v) is 6.19. The van der Waals surface area contributed by atoms with Crippen molar-refractivity contribution >= 4 is 5.57 Å². The Hall–Kier alpha value is -1.29. The summed E-state index contributed by atoms with van der Waals surface area (Å²) in [6, 6.07) is 0.119. The van der Waals surface area contributed by atoms with Crippen molar-refractivity contribution in [2.75, 3.05) is 7.11 Å². The molecular formula is C15H25N3O. The summed E-state index contributed by atoms with van der Waals surface area (Å²) in [5.74, 6) is 0.851. The highest BCUT2D eigenvalue weighted by Crippen LogP contribution is 2.41. The summed E-state index contributed by atoms with van der Waals surface area (Å²) in [6.07, 6.45) is 7.09. The lowest BCUT2D eigenvalue weighted by atomic mass is 9.75. The smallest absolute Gasteiger partial charge is 0.164 e. The van der Waals surface area contributed by atoms with Gasteiger partial charge in [0.2, 0.25) is 0 Å². The Morgan fingerprint density at radius 3 is 2.84 bits per heavy atom. The second-order valence-electron chi connectivity index (χ2n) is 6.19. The number of hydrogen-bond donors (Lipinski definition) is 1. The van der Waals surface area contributed by atoms with E-state index < -0.39 is 0 Å². The summed E-state index contributed by atoms with van der Waals surface area (Å²) < 4.78 is 7.50. The Balaban J connectivity index is 2.42. The van der Waals surface area contributed by atoms with Crippen molar-refractivity contribution < 1.29 is 4.74 Å². The monoisotopic (exact) mass is 263 g/mol. The highest BCUT2D eigenvalue weighted by molar-refractivity contribution is 5.69. The average Bonchev–Trinajstić information content (AvgIpc) is 2.69. The molecule has 4 nitrogen and oxygen atoms in total. The van der Waals surface area contributed by atoms with Crippen LogP contribution in [0, 0.1) is 5.41 Å². The molecule has 106 valence electrons. The maximum atomic E-state index is 6.18. The van der Waals surface area contributed by atoms with E-state index in [1.165, 1.54) is 5.57 Å². The molecule has 0 aromatic carbocycles. The van der Waals surface area contributed by atoms with Crippen molar-refractivity contribution in [3.63, 3.8) is 0 Å². The molecule has 1 aliphatic carbocycles. The first kappa shape index (κ1) is 14.1. The summed E-state index contributed by atoms with van der Waals surface area (Å²) in [6.45, 7) is 7.61. The zero-order valence-corrected chi connectivity index (χ0v) is 12.4. The number of allylic oxidation sites excluding steroid dienone is 1. The number of aromatic nitrogens is 2. The molecule has 1 aromatic rings. The molecule has 1 unspecified atom stereocenters. The minimum atomic E-state index is 0.119. The molecule has 19 heavy (non-hydrogen) atoms. The molecule has 0 aliphatic heterocycles. The largest absolute Gasteiger partial charge is 0.493 e. The minimum Gasteiger partial charge on any atom is -0.493 e. The van der Waals surface area contributed by atoms with E-state index in [1.54, 1.807) is 13.3 Å². The van der Waals surface area contributed by atoms with Gasteiger partial charge in [-0.3, -0.25) is 4.68 Å². The Labute approximate surface area is 115 Å². The summed E-state index contributed by atoms with van der Waals surface area (Å²) in [4.78, 5) is 0. The molecule has 0 saturated carbocycles. The third-order valence-corrected chi connectivity index (χ3v) is 3.64. The quantitative estimate of drug-likeness (QED) is 0.908. The third kappa shape index (κ3) is 3.00. The summed E-state index contributed by atoms with van der Waals surface area (Å²) in [5.41, 5.74) is 8.78. The molecule has 2 N–H and O–H groups in total. The molecule has 0 spiro atoms. The number of hydrogen-bond acceptors (Lipinski definition) is 3. The lowest BCUT2D eigenvalue weighted by molar-refractivity contribution is 0.316. The molecule has 0 radical (unpaired) electrons. The van der Waals surface area contributed by atoms with Gasteiger partial charge in [0.05, 0.1) is 13.3 Å². The van der Waals surface area contributed by atoms with Crippen LogP contribution in [0.1, 0.15) is 45.7 Å². The van der Waals surface area contributed by atoms with Gasteiger partial charge in [-0.15, -0.1) is 0 Å². The lowest BCUT2D eigenvalue weighted by Gasteiger charge is -2.33. The van der Waals surface area contributed by atoms with Gasteiger partial charge in [-0.25, -0.2) is 0 Å². The van der Waals surface area contributed by atoms with Crippen LogP contribution in [0.25, 0.3) is 5.57 Å². The van der Waals surface area contributed by atoms with E-state index in [9.17, 15) is 0 Å². The fraction of sp³-hybridized carbons (Fsp3) is 0.667. The number of rotatable bonds is 4. The molecule has 1 aliphatic rings. The highest BCUT2D eigenvalue weighted by atomic mass is 16.5.